The molecule has 0 aliphatic carbocycles. The van der Waals surface area contributed by atoms with Crippen molar-refractivity contribution >= 4 is 23.1 Å². The zero-order valence-corrected chi connectivity index (χ0v) is 14.0. The first kappa shape index (κ1) is 18.4. The van der Waals surface area contributed by atoms with Crippen LogP contribution in [0.1, 0.15) is 34.6 Å². The average Bonchev–Trinajstić information content (AvgIpc) is 2.62. The van der Waals surface area contributed by atoms with E-state index in [9.17, 15) is 19.2 Å². The highest BCUT2D eigenvalue weighted by Crippen LogP contribution is 2.14. The topological polar surface area (TPSA) is 77.5 Å². The Morgan fingerprint density at radius 3 is 1.24 bits per heavy atom. The number of carbonyl (C=O) groups is 4. The summed E-state index contributed by atoms with van der Waals surface area (Å²) in [6, 6.07) is 16.3. The molecule has 0 spiro atoms. The van der Waals surface area contributed by atoms with Crippen LogP contribution in [-0.2, 0) is 14.3 Å². The smallest absolute Gasteiger partial charge is 0.199 e. The van der Waals surface area contributed by atoms with E-state index in [2.05, 4.69) is 0 Å². The number of benzene rings is 2. The second-order valence-corrected chi connectivity index (χ2v) is 5.58. The van der Waals surface area contributed by atoms with Gasteiger partial charge in [0.15, 0.2) is 35.3 Å². The summed E-state index contributed by atoms with van der Waals surface area (Å²) in [6.45, 7) is 2.38. The van der Waals surface area contributed by atoms with Crippen LogP contribution in [0.25, 0.3) is 0 Å². The molecule has 0 fully saturated rings. The van der Waals surface area contributed by atoms with Gasteiger partial charge in [0.1, 0.15) is 0 Å². The van der Waals surface area contributed by atoms with E-state index in [-0.39, 0.29) is 11.1 Å². The second kappa shape index (κ2) is 8.26. The van der Waals surface area contributed by atoms with E-state index in [1.807, 2.05) is 0 Å². The lowest BCUT2D eigenvalue weighted by molar-refractivity contribution is -0.134. The van der Waals surface area contributed by atoms with E-state index < -0.39 is 35.3 Å². The molecule has 0 aliphatic rings. The van der Waals surface area contributed by atoms with Crippen LogP contribution >= 0.6 is 0 Å². The van der Waals surface area contributed by atoms with E-state index in [4.69, 9.17) is 4.74 Å². The SMILES string of the molecule is CC(=O)C(OC(C(C)=O)C(=O)c1ccccc1)C(=O)c1ccccc1. The van der Waals surface area contributed by atoms with Gasteiger partial charge in [0.25, 0.3) is 0 Å². The highest BCUT2D eigenvalue weighted by molar-refractivity contribution is 6.15. The molecule has 2 atom stereocenters. The molecule has 0 saturated heterocycles. The van der Waals surface area contributed by atoms with Crippen LogP contribution < -0.4 is 0 Å². The summed E-state index contributed by atoms with van der Waals surface area (Å²) in [5.41, 5.74) is 0.550. The first-order chi connectivity index (χ1) is 11.9. The zero-order chi connectivity index (χ0) is 18.4. The molecule has 128 valence electrons. The van der Waals surface area contributed by atoms with E-state index in [1.54, 1.807) is 60.7 Å². The third-order valence-electron chi connectivity index (χ3n) is 3.60. The Morgan fingerprint density at radius 2 is 0.960 bits per heavy atom. The molecule has 0 saturated carbocycles. The van der Waals surface area contributed by atoms with Gasteiger partial charge in [0.05, 0.1) is 0 Å². The van der Waals surface area contributed by atoms with Gasteiger partial charge in [-0.1, -0.05) is 60.7 Å². The van der Waals surface area contributed by atoms with Crippen molar-refractivity contribution in [1.29, 1.82) is 0 Å². The van der Waals surface area contributed by atoms with Crippen LogP contribution in [0.2, 0.25) is 0 Å². The van der Waals surface area contributed by atoms with Crippen molar-refractivity contribution in [3.8, 4) is 0 Å². The first-order valence-electron chi connectivity index (χ1n) is 7.76. The van der Waals surface area contributed by atoms with Gasteiger partial charge < -0.3 is 4.74 Å². The van der Waals surface area contributed by atoms with Crippen LogP contribution in [0.15, 0.2) is 60.7 Å². The number of carbonyl (C=O) groups excluding carboxylic acids is 4. The standard InChI is InChI=1S/C20H18O5/c1-13(21)19(17(23)15-9-5-3-6-10-15)25-20(14(2)22)18(24)16-11-7-4-8-12-16/h3-12,19-20H,1-2H3. The summed E-state index contributed by atoms with van der Waals surface area (Å²) in [5, 5.41) is 0. The van der Waals surface area contributed by atoms with E-state index in [0.717, 1.165) is 0 Å². The summed E-state index contributed by atoms with van der Waals surface area (Å²) in [4.78, 5) is 48.9. The number of hydrogen-bond donors (Lipinski definition) is 0. The number of Topliss-reactive ketones (excluding diaryl/α,β-unsaturated/α-hetero) is 4. The van der Waals surface area contributed by atoms with Crippen LogP contribution in [0.5, 0.6) is 0 Å². The predicted octanol–water partition coefficient (Wildman–Crippen LogP) is 2.68. The van der Waals surface area contributed by atoms with Crippen molar-refractivity contribution in [3.63, 3.8) is 0 Å². The summed E-state index contributed by atoms with van der Waals surface area (Å²) >= 11 is 0. The van der Waals surface area contributed by atoms with Gasteiger partial charge in [-0.05, 0) is 13.8 Å². The molecule has 0 aliphatic heterocycles. The van der Waals surface area contributed by atoms with E-state index >= 15 is 0 Å². The minimum atomic E-state index is -1.51. The first-order valence-corrected chi connectivity index (χ1v) is 7.76. The van der Waals surface area contributed by atoms with Crippen molar-refractivity contribution in [1.82, 2.24) is 0 Å². The van der Waals surface area contributed by atoms with Crippen LogP contribution in [-0.4, -0.2) is 35.3 Å². The fourth-order valence-electron chi connectivity index (χ4n) is 2.33. The second-order valence-electron chi connectivity index (χ2n) is 5.58. The molecule has 2 rings (SSSR count). The maximum absolute atomic E-state index is 12.5. The van der Waals surface area contributed by atoms with Crippen molar-refractivity contribution in [3.05, 3.63) is 71.8 Å². The van der Waals surface area contributed by atoms with Crippen molar-refractivity contribution in [2.24, 2.45) is 0 Å². The molecule has 0 N–H and O–H groups in total. The summed E-state index contributed by atoms with van der Waals surface area (Å²) in [6.07, 6.45) is -3.02. The lowest BCUT2D eigenvalue weighted by atomic mass is 10.0. The van der Waals surface area contributed by atoms with Gasteiger partial charge in [0, 0.05) is 11.1 Å². The fraction of sp³-hybridized carbons (Fsp3) is 0.200. The molecule has 0 amide bonds. The van der Waals surface area contributed by atoms with Crippen molar-refractivity contribution < 1.29 is 23.9 Å². The minimum absolute atomic E-state index is 0.275. The Labute approximate surface area is 145 Å². The molecule has 2 unspecified atom stereocenters. The molecular formula is C20H18O5. The quantitative estimate of drug-likeness (QED) is 0.546. The normalized spacial score (nSPS) is 12.9. The Bertz CT molecular complexity index is 713. The molecule has 0 bridgehead atoms. The van der Waals surface area contributed by atoms with Gasteiger partial charge in [-0.2, -0.15) is 0 Å². The highest BCUT2D eigenvalue weighted by Gasteiger charge is 2.34. The Balaban J connectivity index is 2.29. The molecule has 0 aromatic heterocycles. The predicted molar refractivity (Wildman–Crippen MR) is 91.6 cm³/mol. The number of ketones is 4. The van der Waals surface area contributed by atoms with Gasteiger partial charge in [-0.3, -0.25) is 19.2 Å². The van der Waals surface area contributed by atoms with Crippen LogP contribution in [0, 0.1) is 0 Å². The Hall–Kier alpha value is -2.92. The largest absolute Gasteiger partial charge is 0.343 e. The van der Waals surface area contributed by atoms with Gasteiger partial charge in [-0.15, -0.1) is 0 Å². The van der Waals surface area contributed by atoms with Gasteiger partial charge in [0.2, 0.25) is 0 Å². The molecule has 2 aromatic carbocycles. The summed E-state index contributed by atoms with van der Waals surface area (Å²) in [7, 11) is 0. The fourth-order valence-corrected chi connectivity index (χ4v) is 2.33. The summed E-state index contributed by atoms with van der Waals surface area (Å²) in [5.74, 6) is -2.30. The van der Waals surface area contributed by atoms with Crippen molar-refractivity contribution in [2.75, 3.05) is 0 Å². The van der Waals surface area contributed by atoms with Crippen molar-refractivity contribution in [2.45, 2.75) is 26.1 Å². The zero-order valence-electron chi connectivity index (χ0n) is 14.0. The molecule has 0 radical (unpaired) electrons. The summed E-state index contributed by atoms with van der Waals surface area (Å²) < 4.78 is 5.41. The van der Waals surface area contributed by atoms with Crippen LogP contribution in [0.4, 0.5) is 0 Å². The maximum atomic E-state index is 12.5. The lowest BCUT2D eigenvalue weighted by Gasteiger charge is -2.20. The third-order valence-corrected chi connectivity index (χ3v) is 3.60. The average molecular weight is 338 g/mol. The highest BCUT2D eigenvalue weighted by atomic mass is 16.5. The number of rotatable bonds is 8. The van der Waals surface area contributed by atoms with E-state index in [1.165, 1.54) is 13.8 Å². The number of ether oxygens (including phenoxy) is 1. The van der Waals surface area contributed by atoms with Gasteiger partial charge >= 0.3 is 0 Å². The van der Waals surface area contributed by atoms with E-state index in [0.29, 0.717) is 0 Å². The Morgan fingerprint density at radius 1 is 0.640 bits per heavy atom. The molecule has 5 nitrogen and oxygen atoms in total. The molecular weight excluding hydrogens is 320 g/mol. The molecule has 2 aromatic rings. The van der Waals surface area contributed by atoms with Gasteiger partial charge in [-0.25, -0.2) is 0 Å². The lowest BCUT2D eigenvalue weighted by Crippen LogP contribution is -2.41. The molecule has 25 heavy (non-hydrogen) atoms. The molecule has 0 heterocycles. The third kappa shape index (κ3) is 4.55. The Kier molecular flexibility index (Phi) is 6.08. The van der Waals surface area contributed by atoms with Crippen LogP contribution in [0.3, 0.4) is 0 Å². The maximum Gasteiger partial charge on any atom is 0.199 e. The number of hydrogen-bond acceptors (Lipinski definition) is 5. The monoisotopic (exact) mass is 338 g/mol. The minimum Gasteiger partial charge on any atom is -0.343 e. The molecule has 5 heteroatoms.